The Hall–Kier alpha value is -3.41. The minimum absolute atomic E-state index is 0.151. The van der Waals surface area contributed by atoms with Crippen LogP contribution in [-0.4, -0.2) is 30.9 Å². The highest BCUT2D eigenvalue weighted by molar-refractivity contribution is 5.99. The van der Waals surface area contributed by atoms with Gasteiger partial charge in [0.25, 0.3) is 0 Å². The fraction of sp³-hybridized carbons (Fsp3) is 0.452. The Morgan fingerprint density at radius 3 is 2.46 bits per heavy atom. The first kappa shape index (κ1) is 26.6. The third kappa shape index (κ3) is 6.12. The summed E-state index contributed by atoms with van der Waals surface area (Å²) in [7, 11) is 1.53. The van der Waals surface area contributed by atoms with Crippen LogP contribution >= 0.6 is 0 Å². The van der Waals surface area contributed by atoms with Crippen LogP contribution in [0.5, 0.6) is 11.5 Å². The van der Waals surface area contributed by atoms with Gasteiger partial charge in [0.15, 0.2) is 0 Å². The van der Waals surface area contributed by atoms with Crippen molar-refractivity contribution in [1.82, 2.24) is 0 Å². The molecular weight excluding hydrogens is 468 g/mol. The maximum absolute atomic E-state index is 13.5. The van der Waals surface area contributed by atoms with Crippen molar-refractivity contribution in [2.24, 2.45) is 0 Å². The summed E-state index contributed by atoms with van der Waals surface area (Å²) in [5.74, 6) is 0.274. The van der Waals surface area contributed by atoms with E-state index in [1.807, 2.05) is 31.2 Å². The van der Waals surface area contributed by atoms with E-state index in [-0.39, 0.29) is 30.2 Å². The van der Waals surface area contributed by atoms with Crippen molar-refractivity contribution in [1.29, 1.82) is 0 Å². The minimum Gasteiger partial charge on any atom is -0.495 e. The molecular formula is C31H36O6. The molecule has 0 unspecified atom stereocenters. The van der Waals surface area contributed by atoms with Crippen molar-refractivity contribution in [3.05, 3.63) is 64.2 Å². The van der Waals surface area contributed by atoms with Crippen LogP contribution in [0.1, 0.15) is 110 Å². The van der Waals surface area contributed by atoms with E-state index in [4.69, 9.17) is 14.2 Å². The van der Waals surface area contributed by atoms with Gasteiger partial charge in [-0.25, -0.2) is 4.79 Å². The van der Waals surface area contributed by atoms with E-state index >= 15 is 0 Å². The molecule has 6 nitrogen and oxygen atoms in total. The first-order valence-corrected chi connectivity index (χ1v) is 13.2. The number of carbonyl (C=O) groups is 3. The van der Waals surface area contributed by atoms with Crippen molar-refractivity contribution < 1.29 is 28.6 Å². The van der Waals surface area contributed by atoms with Gasteiger partial charge in [-0.3, -0.25) is 9.59 Å². The lowest BCUT2D eigenvalue weighted by Gasteiger charge is -2.29. The minimum atomic E-state index is -0.485. The Morgan fingerprint density at radius 2 is 1.76 bits per heavy atom. The summed E-state index contributed by atoms with van der Waals surface area (Å²) in [6.07, 6.45) is 7.34. The molecule has 2 aromatic rings. The number of rotatable bonds is 3. The Labute approximate surface area is 219 Å². The Morgan fingerprint density at radius 1 is 1.03 bits per heavy atom. The third-order valence-corrected chi connectivity index (χ3v) is 7.17. The van der Waals surface area contributed by atoms with E-state index in [0.717, 1.165) is 12.0 Å². The van der Waals surface area contributed by atoms with Gasteiger partial charge in [0, 0.05) is 24.3 Å². The van der Waals surface area contributed by atoms with E-state index in [2.05, 4.69) is 26.0 Å². The molecule has 2 aliphatic heterocycles. The summed E-state index contributed by atoms with van der Waals surface area (Å²) in [5.41, 5.74) is 3.76. The molecule has 0 radical (unpaired) electrons. The summed E-state index contributed by atoms with van der Waals surface area (Å²) < 4.78 is 17.4. The fourth-order valence-corrected chi connectivity index (χ4v) is 5.11. The molecule has 0 spiro atoms. The summed E-state index contributed by atoms with van der Waals surface area (Å²) in [6.45, 7) is 6.12. The number of cyclic esters (lactones) is 1. The van der Waals surface area contributed by atoms with E-state index < -0.39 is 5.97 Å². The molecule has 4 rings (SSSR count). The molecule has 2 aromatic carbocycles. The molecule has 0 saturated heterocycles. The predicted octanol–water partition coefficient (Wildman–Crippen LogP) is 6.74. The molecule has 2 aliphatic rings. The molecule has 196 valence electrons. The van der Waals surface area contributed by atoms with Crippen molar-refractivity contribution in [3.63, 3.8) is 0 Å². The normalized spacial score (nSPS) is 21.8. The number of hydrogen-bond donors (Lipinski definition) is 0. The Kier molecular flexibility index (Phi) is 8.47. The lowest BCUT2D eigenvalue weighted by molar-refractivity contribution is -0.135. The SMILES string of the molecule is COc1c2c(cc3c1[C@@H](c1ccc(C(C)C)cc1)CC(=O)O3)/C=C/CCCC(=O)CCC[C@H](C)OC2=O. The average molecular weight is 505 g/mol. The fourth-order valence-electron chi connectivity index (χ4n) is 5.11. The van der Waals surface area contributed by atoms with Crippen LogP contribution in [0.15, 0.2) is 36.4 Å². The number of carbonyl (C=O) groups excluding carboxylic acids is 3. The molecule has 0 amide bonds. The third-order valence-electron chi connectivity index (χ3n) is 7.17. The van der Waals surface area contributed by atoms with Crippen molar-refractivity contribution in [2.45, 2.75) is 83.7 Å². The molecule has 0 aliphatic carbocycles. The van der Waals surface area contributed by atoms with Gasteiger partial charge < -0.3 is 14.2 Å². The van der Waals surface area contributed by atoms with Crippen LogP contribution in [0, 0.1) is 0 Å². The molecule has 37 heavy (non-hydrogen) atoms. The number of methoxy groups -OCH3 is 1. The summed E-state index contributed by atoms with van der Waals surface area (Å²) in [6, 6.07) is 9.97. The van der Waals surface area contributed by atoms with E-state index in [9.17, 15) is 14.4 Å². The van der Waals surface area contributed by atoms with Crippen molar-refractivity contribution in [3.8, 4) is 11.5 Å². The molecule has 0 aromatic heterocycles. The highest BCUT2D eigenvalue weighted by atomic mass is 16.5. The van der Waals surface area contributed by atoms with Crippen molar-refractivity contribution in [2.75, 3.05) is 7.11 Å². The van der Waals surface area contributed by atoms with Gasteiger partial charge in [0.1, 0.15) is 22.8 Å². The van der Waals surface area contributed by atoms with Gasteiger partial charge in [-0.15, -0.1) is 0 Å². The number of esters is 2. The molecule has 0 fully saturated rings. The summed E-state index contributed by atoms with van der Waals surface area (Å²) >= 11 is 0. The van der Waals surface area contributed by atoms with Gasteiger partial charge in [0.05, 0.1) is 19.6 Å². The van der Waals surface area contributed by atoms with Gasteiger partial charge in [-0.2, -0.15) is 0 Å². The summed E-state index contributed by atoms with van der Waals surface area (Å²) in [4.78, 5) is 38.3. The van der Waals surface area contributed by atoms with Crippen LogP contribution in [-0.2, 0) is 14.3 Å². The highest BCUT2D eigenvalue weighted by Gasteiger charge is 2.36. The van der Waals surface area contributed by atoms with Gasteiger partial charge in [-0.05, 0) is 61.3 Å². The quantitative estimate of drug-likeness (QED) is 0.340. The number of Topliss-reactive ketones (excluding diaryl/α,β-unsaturated/α-hetero) is 1. The molecule has 0 N–H and O–H groups in total. The van der Waals surface area contributed by atoms with E-state index in [1.165, 1.54) is 12.7 Å². The number of ether oxygens (including phenoxy) is 3. The lowest BCUT2D eigenvalue weighted by Crippen LogP contribution is -2.24. The molecule has 0 bridgehead atoms. The molecule has 2 heterocycles. The second kappa shape index (κ2) is 11.8. The van der Waals surface area contributed by atoms with Crippen LogP contribution in [0.3, 0.4) is 0 Å². The average Bonchev–Trinajstić information content (AvgIpc) is 2.86. The zero-order valence-corrected chi connectivity index (χ0v) is 22.2. The summed E-state index contributed by atoms with van der Waals surface area (Å²) in [5, 5.41) is 0. The second-order valence-corrected chi connectivity index (χ2v) is 10.3. The number of hydrogen-bond acceptors (Lipinski definition) is 6. The molecule has 0 saturated carbocycles. The van der Waals surface area contributed by atoms with Crippen molar-refractivity contribution >= 4 is 23.8 Å². The molecule has 2 atom stereocenters. The standard InChI is InChI=1S/C31H36O6/c1-19(2)21-13-15-22(16-14-21)25-18-27(33)37-26-17-23-10-6-5-7-11-24(32)12-8-9-20(3)36-31(34)28(23)30(35-4)29(25)26/h6,10,13-17,19-20,25H,5,7-9,11-12,18H2,1-4H3/b10-6+/t20-,25+/m0/s1. The number of fused-ring (bicyclic) bond motifs is 2. The smallest absolute Gasteiger partial charge is 0.342 e. The number of ketones is 1. The monoisotopic (exact) mass is 504 g/mol. The number of benzene rings is 2. The van der Waals surface area contributed by atoms with Gasteiger partial charge >= 0.3 is 11.9 Å². The zero-order valence-electron chi connectivity index (χ0n) is 22.2. The molecule has 6 heteroatoms. The zero-order chi connectivity index (χ0) is 26.5. The lowest BCUT2D eigenvalue weighted by atomic mass is 9.83. The van der Waals surface area contributed by atoms with Crippen LogP contribution in [0.25, 0.3) is 6.08 Å². The Bertz CT molecular complexity index is 1190. The van der Waals surface area contributed by atoms with Gasteiger partial charge in [0.2, 0.25) is 0 Å². The predicted molar refractivity (Wildman–Crippen MR) is 142 cm³/mol. The van der Waals surface area contributed by atoms with Crippen LogP contribution < -0.4 is 9.47 Å². The van der Waals surface area contributed by atoms with E-state index in [1.54, 1.807) is 6.07 Å². The largest absolute Gasteiger partial charge is 0.495 e. The number of allylic oxidation sites excluding steroid dienone is 1. The maximum atomic E-state index is 13.5. The Balaban J connectivity index is 1.83. The topological polar surface area (TPSA) is 78.9 Å². The van der Waals surface area contributed by atoms with Crippen LogP contribution in [0.4, 0.5) is 0 Å². The highest BCUT2D eigenvalue weighted by Crippen LogP contribution is 2.47. The maximum Gasteiger partial charge on any atom is 0.342 e. The van der Waals surface area contributed by atoms with Crippen LogP contribution in [0.2, 0.25) is 0 Å². The first-order chi connectivity index (χ1) is 17.8. The second-order valence-electron chi connectivity index (χ2n) is 10.3. The van der Waals surface area contributed by atoms with Gasteiger partial charge in [-0.1, -0.05) is 50.3 Å². The first-order valence-electron chi connectivity index (χ1n) is 13.2. The van der Waals surface area contributed by atoms with E-state index in [0.29, 0.717) is 66.2 Å².